The highest BCUT2D eigenvalue weighted by Crippen LogP contribution is 2.52. The van der Waals surface area contributed by atoms with Crippen molar-refractivity contribution in [3.63, 3.8) is 0 Å². The summed E-state index contributed by atoms with van der Waals surface area (Å²) < 4.78 is 0. The first-order valence-corrected chi connectivity index (χ1v) is 31.4. The molecule has 12 unspecified atom stereocenters. The molecule has 12 atom stereocenters. The lowest BCUT2D eigenvalue weighted by Gasteiger charge is -2.41. The summed E-state index contributed by atoms with van der Waals surface area (Å²) in [5, 5.41) is 12.8. The van der Waals surface area contributed by atoms with Crippen molar-refractivity contribution in [2.45, 2.75) is 229 Å². The van der Waals surface area contributed by atoms with Crippen molar-refractivity contribution in [3.05, 3.63) is 0 Å². The molecular formula is C61H106N8O4. The summed E-state index contributed by atoms with van der Waals surface area (Å²) in [5.41, 5.74) is 0.265. The number of likely N-dealkylation sites (N-methyl/N-ethyl adjacent to an activating group) is 4. The fourth-order valence-corrected chi connectivity index (χ4v) is 18.1. The van der Waals surface area contributed by atoms with Crippen LogP contribution in [0.25, 0.3) is 0 Å². The summed E-state index contributed by atoms with van der Waals surface area (Å²) >= 11 is 0. The van der Waals surface area contributed by atoms with Gasteiger partial charge >= 0.3 is 0 Å². The number of nitrogens with zero attached hydrogens (tertiary/aromatic N) is 4. The second-order valence-corrected chi connectivity index (χ2v) is 26.7. The van der Waals surface area contributed by atoms with Crippen LogP contribution >= 0.6 is 0 Å². The topological polar surface area (TPSA) is 129 Å². The van der Waals surface area contributed by atoms with E-state index in [0.717, 1.165) is 131 Å². The molecule has 4 heterocycles. The molecule has 0 spiro atoms. The minimum absolute atomic E-state index is 0.0720. The van der Waals surface area contributed by atoms with Crippen molar-refractivity contribution >= 4 is 23.6 Å². The third kappa shape index (κ3) is 13.7. The molecule has 0 radical (unpaired) electrons. The Morgan fingerprint density at radius 2 is 0.808 bits per heavy atom. The molecule has 12 rings (SSSR count). The smallest absolute Gasteiger partial charge is 0.240 e. The number of hydrogen-bond donors (Lipinski definition) is 4. The number of amides is 4. The Morgan fingerprint density at radius 3 is 1.26 bits per heavy atom. The van der Waals surface area contributed by atoms with Crippen LogP contribution in [0.1, 0.15) is 199 Å². The van der Waals surface area contributed by atoms with Gasteiger partial charge in [0.15, 0.2) is 0 Å². The molecule has 4 N–H and O–H groups in total. The zero-order chi connectivity index (χ0) is 50.9. The molecule has 4 amide bonds. The van der Waals surface area contributed by atoms with Gasteiger partial charge in [-0.2, -0.15) is 0 Å². The number of fused-ring (bicyclic) bond motifs is 8. The molecule has 12 aliphatic rings. The normalized spacial score (nSPS) is 40.2. The fraction of sp³-hybridized carbons (Fsp3) is 0.934. The largest absolute Gasteiger partial charge is 0.341 e. The van der Waals surface area contributed by atoms with Crippen LogP contribution in [-0.4, -0.2) is 147 Å². The summed E-state index contributed by atoms with van der Waals surface area (Å²) in [6.45, 7) is 7.09. The number of nitrogens with one attached hydrogen (secondary N) is 4. The number of rotatable bonds is 11. The molecule has 73 heavy (non-hydrogen) atoms. The minimum atomic E-state index is 0.0720. The second-order valence-electron chi connectivity index (χ2n) is 26.7. The molecule has 4 aliphatic heterocycles. The zero-order valence-corrected chi connectivity index (χ0v) is 46.9. The van der Waals surface area contributed by atoms with Crippen LogP contribution in [0.2, 0.25) is 0 Å². The fourth-order valence-electron chi connectivity index (χ4n) is 18.1. The highest BCUT2D eigenvalue weighted by Gasteiger charge is 2.51. The van der Waals surface area contributed by atoms with Crippen LogP contribution in [0, 0.1) is 59.2 Å². The molecule has 0 aromatic carbocycles. The van der Waals surface area contributed by atoms with Crippen LogP contribution in [0.4, 0.5) is 0 Å². The quantitative estimate of drug-likeness (QED) is 0.162. The third-order valence-electron chi connectivity index (χ3n) is 22.1. The molecule has 0 aromatic rings. The first-order chi connectivity index (χ1) is 35.6. The molecule has 414 valence electrons. The predicted octanol–water partition coefficient (Wildman–Crippen LogP) is 8.77. The van der Waals surface area contributed by atoms with Crippen molar-refractivity contribution in [3.8, 4) is 0 Å². The Morgan fingerprint density at radius 1 is 0.384 bits per heavy atom. The maximum absolute atomic E-state index is 12.6. The Hall–Kier alpha value is -2.28. The van der Waals surface area contributed by atoms with Crippen molar-refractivity contribution in [1.82, 2.24) is 40.9 Å². The summed E-state index contributed by atoms with van der Waals surface area (Å²) in [6.07, 6.45) is 40.1. The third-order valence-corrected chi connectivity index (χ3v) is 22.1. The van der Waals surface area contributed by atoms with Gasteiger partial charge in [0.2, 0.25) is 23.6 Å². The van der Waals surface area contributed by atoms with E-state index in [-0.39, 0.29) is 29.7 Å². The van der Waals surface area contributed by atoms with E-state index in [0.29, 0.717) is 23.6 Å². The summed E-state index contributed by atoms with van der Waals surface area (Å²) in [5.74, 6) is 10.5. The van der Waals surface area contributed by atoms with E-state index in [1.807, 2.05) is 28.2 Å². The molecule has 12 fully saturated rings. The van der Waals surface area contributed by atoms with E-state index in [4.69, 9.17) is 0 Å². The van der Waals surface area contributed by atoms with Crippen LogP contribution in [0.5, 0.6) is 0 Å². The average molecular weight is 1020 g/mol. The molecule has 4 saturated heterocycles. The summed E-state index contributed by atoms with van der Waals surface area (Å²) in [6, 6.07) is 0.295. The monoisotopic (exact) mass is 1010 g/mol. The minimum Gasteiger partial charge on any atom is -0.341 e. The number of carbonyl (C=O) groups excluding carboxylic acids is 4. The van der Waals surface area contributed by atoms with E-state index in [1.54, 1.807) is 0 Å². The molecule has 12 nitrogen and oxygen atoms in total. The van der Waals surface area contributed by atoms with Gasteiger partial charge in [-0.3, -0.25) is 19.2 Å². The Kier molecular flexibility index (Phi) is 20.0. The first-order valence-electron chi connectivity index (χ1n) is 31.4. The predicted molar refractivity (Wildman–Crippen MR) is 294 cm³/mol. The van der Waals surface area contributed by atoms with Gasteiger partial charge in [-0.25, -0.2) is 0 Å². The van der Waals surface area contributed by atoms with Gasteiger partial charge in [-0.05, 0) is 248 Å². The second kappa shape index (κ2) is 26.4. The molecule has 8 bridgehead atoms. The van der Waals surface area contributed by atoms with Crippen molar-refractivity contribution in [1.29, 1.82) is 0 Å². The van der Waals surface area contributed by atoms with E-state index in [9.17, 15) is 19.2 Å². The Bertz CT molecular complexity index is 1780. The van der Waals surface area contributed by atoms with E-state index in [1.165, 1.54) is 173 Å². The van der Waals surface area contributed by atoms with Gasteiger partial charge in [-0.15, -0.1) is 0 Å². The van der Waals surface area contributed by atoms with E-state index < -0.39 is 0 Å². The molecule has 8 saturated carbocycles. The van der Waals surface area contributed by atoms with Gasteiger partial charge in [0.25, 0.3) is 0 Å². The van der Waals surface area contributed by atoms with Gasteiger partial charge in [0, 0.05) is 51.4 Å². The average Bonchev–Trinajstić information content (AvgIpc) is 4.24. The van der Waals surface area contributed by atoms with Crippen molar-refractivity contribution < 1.29 is 19.2 Å². The molecule has 12 heteroatoms. The number of hydrogen-bond acceptors (Lipinski definition) is 8. The first kappa shape index (κ1) is 55.5. The zero-order valence-electron chi connectivity index (χ0n) is 46.9. The van der Waals surface area contributed by atoms with Gasteiger partial charge in [0.05, 0.1) is 24.2 Å². The van der Waals surface area contributed by atoms with Gasteiger partial charge in [-0.1, -0.05) is 38.5 Å². The van der Waals surface area contributed by atoms with Crippen molar-refractivity contribution in [2.75, 3.05) is 74.0 Å². The SMILES string of the molecule is CNC1CCCCN(C23CCC(CC2)C3)C1=O.CNC1CCCCN(CC2CC3CCC(C3)C2)C1=O.CNC1CCCCN(CC2CC3CCC2C3)C1=O.CNC1CCCCN(CC2CC3CCCC2C3)C1=O. The van der Waals surface area contributed by atoms with Crippen LogP contribution < -0.4 is 21.3 Å². The van der Waals surface area contributed by atoms with Crippen LogP contribution in [0.3, 0.4) is 0 Å². The van der Waals surface area contributed by atoms with E-state index >= 15 is 0 Å². The molecular weight excluding hydrogens is 909 g/mol. The van der Waals surface area contributed by atoms with Crippen LogP contribution in [0.15, 0.2) is 0 Å². The standard InChI is InChI=1S/2C16H28N2O.C15H26N2O.C14H24N2O/c1-17-15-7-2-3-8-18(16(15)19)11-14-10-12-5-4-6-13(14)9-12;1-17-15-4-2-3-7-18(16(15)19)11-14-9-12-5-6-13(8-12)10-14;1-16-14-4-2-3-7-17(15(14)18)10-13-9-11-5-6-12(13)8-11;1-15-12-4-2-3-9-16(13(12)17)14-7-5-11(10-14)6-8-14/h2*12-15,17H,2-11H2,1H3;11-14,16H,2-10H2,1H3;11-12,15H,2-10H2,1H3. The summed E-state index contributed by atoms with van der Waals surface area (Å²) in [4.78, 5) is 58.8. The van der Waals surface area contributed by atoms with E-state index in [2.05, 4.69) is 40.9 Å². The number of likely N-dealkylation sites (tertiary alicyclic amines) is 4. The Labute approximate surface area is 443 Å². The maximum atomic E-state index is 12.6. The lowest BCUT2D eigenvalue weighted by molar-refractivity contribution is -0.139. The molecule has 8 aliphatic carbocycles. The van der Waals surface area contributed by atoms with Crippen LogP contribution in [-0.2, 0) is 19.2 Å². The van der Waals surface area contributed by atoms with Crippen molar-refractivity contribution in [2.24, 2.45) is 59.2 Å². The summed E-state index contributed by atoms with van der Waals surface area (Å²) in [7, 11) is 7.70. The highest BCUT2D eigenvalue weighted by molar-refractivity contribution is 5.84. The molecule has 0 aromatic heterocycles. The lowest BCUT2D eigenvalue weighted by Crippen LogP contribution is -2.54. The lowest BCUT2D eigenvalue weighted by atomic mass is 9.81. The maximum Gasteiger partial charge on any atom is 0.240 e. The van der Waals surface area contributed by atoms with Gasteiger partial charge < -0.3 is 40.9 Å². The number of carbonyl (C=O) groups is 4. The van der Waals surface area contributed by atoms with Gasteiger partial charge in [0.1, 0.15) is 0 Å². The highest BCUT2D eigenvalue weighted by atomic mass is 16.2. The Balaban J connectivity index is 0.000000120.